The smallest absolute Gasteiger partial charge is 0.140 e. The number of furan rings is 1. The molecule has 0 unspecified atom stereocenters. The van der Waals surface area contributed by atoms with Gasteiger partial charge in [0.2, 0.25) is 0 Å². The van der Waals surface area contributed by atoms with Crippen molar-refractivity contribution in [1.29, 1.82) is 0 Å². The van der Waals surface area contributed by atoms with Gasteiger partial charge in [-0.1, -0.05) is 26.8 Å². The molecule has 1 aromatic carbocycles. The Bertz CT molecular complexity index is 572. The molecule has 0 saturated carbocycles. The van der Waals surface area contributed by atoms with E-state index in [4.69, 9.17) is 4.42 Å². The van der Waals surface area contributed by atoms with Crippen LogP contribution in [0.25, 0.3) is 11.0 Å². The topological polar surface area (TPSA) is 25.2 Å². The molecule has 0 amide bonds. The first-order valence-corrected chi connectivity index (χ1v) is 6.94. The zero-order chi connectivity index (χ0) is 14.0. The fourth-order valence-electron chi connectivity index (χ4n) is 2.39. The number of halogens is 1. The van der Waals surface area contributed by atoms with E-state index in [2.05, 4.69) is 19.2 Å². The van der Waals surface area contributed by atoms with Gasteiger partial charge < -0.3 is 9.73 Å². The highest BCUT2D eigenvalue weighted by molar-refractivity contribution is 5.85. The van der Waals surface area contributed by atoms with Crippen LogP contribution in [0.1, 0.15) is 37.7 Å². The molecule has 0 radical (unpaired) electrons. The van der Waals surface area contributed by atoms with Crippen molar-refractivity contribution in [1.82, 2.24) is 5.32 Å². The molecule has 2 rings (SSSR count). The maximum absolute atomic E-state index is 14.0. The zero-order valence-corrected chi connectivity index (χ0v) is 12.1. The van der Waals surface area contributed by atoms with E-state index in [-0.39, 0.29) is 5.82 Å². The SMILES string of the molecule is CCc1c(CNCC(C)C)oc2c(C)ccc(F)c12. The van der Waals surface area contributed by atoms with Crippen LogP contribution in [0.15, 0.2) is 16.5 Å². The van der Waals surface area contributed by atoms with Gasteiger partial charge in [-0.05, 0) is 37.4 Å². The van der Waals surface area contributed by atoms with Crippen molar-refractivity contribution in [3.05, 3.63) is 34.8 Å². The molecular formula is C16H22FNO. The van der Waals surface area contributed by atoms with Gasteiger partial charge in [0.25, 0.3) is 0 Å². The molecule has 0 aliphatic rings. The van der Waals surface area contributed by atoms with Gasteiger partial charge in [-0.2, -0.15) is 0 Å². The van der Waals surface area contributed by atoms with Crippen molar-refractivity contribution in [3.8, 4) is 0 Å². The van der Waals surface area contributed by atoms with Crippen LogP contribution >= 0.6 is 0 Å². The number of hydrogen-bond acceptors (Lipinski definition) is 2. The molecule has 0 bridgehead atoms. The van der Waals surface area contributed by atoms with E-state index >= 15 is 0 Å². The summed E-state index contributed by atoms with van der Waals surface area (Å²) < 4.78 is 19.9. The van der Waals surface area contributed by atoms with Gasteiger partial charge in [-0.3, -0.25) is 0 Å². The second-order valence-corrected chi connectivity index (χ2v) is 5.45. The Morgan fingerprint density at radius 2 is 2.05 bits per heavy atom. The van der Waals surface area contributed by atoms with Gasteiger partial charge in [-0.15, -0.1) is 0 Å². The minimum Gasteiger partial charge on any atom is -0.459 e. The molecule has 1 aromatic heterocycles. The van der Waals surface area contributed by atoms with Gasteiger partial charge >= 0.3 is 0 Å². The minimum atomic E-state index is -0.184. The average Bonchev–Trinajstić information content (AvgIpc) is 2.73. The van der Waals surface area contributed by atoms with Crippen LogP contribution in [0, 0.1) is 18.7 Å². The van der Waals surface area contributed by atoms with Crippen molar-refractivity contribution in [2.24, 2.45) is 5.92 Å². The Kier molecular flexibility index (Phi) is 4.25. The van der Waals surface area contributed by atoms with Crippen LogP contribution in [0.5, 0.6) is 0 Å². The van der Waals surface area contributed by atoms with Gasteiger partial charge in [0.05, 0.1) is 11.9 Å². The summed E-state index contributed by atoms with van der Waals surface area (Å²) in [5, 5.41) is 4.02. The number of fused-ring (bicyclic) bond motifs is 1. The van der Waals surface area contributed by atoms with E-state index in [0.29, 0.717) is 23.4 Å². The molecule has 3 heteroatoms. The number of nitrogens with one attached hydrogen (secondary N) is 1. The Balaban J connectivity index is 2.39. The second-order valence-electron chi connectivity index (χ2n) is 5.45. The third kappa shape index (κ3) is 2.81. The van der Waals surface area contributed by atoms with Gasteiger partial charge in [0, 0.05) is 5.56 Å². The highest BCUT2D eigenvalue weighted by atomic mass is 19.1. The van der Waals surface area contributed by atoms with E-state index < -0.39 is 0 Å². The first-order valence-electron chi connectivity index (χ1n) is 6.94. The summed E-state index contributed by atoms with van der Waals surface area (Å²) in [6, 6.07) is 3.30. The summed E-state index contributed by atoms with van der Waals surface area (Å²) in [5.74, 6) is 1.27. The lowest BCUT2D eigenvalue weighted by Crippen LogP contribution is -2.19. The first-order chi connectivity index (χ1) is 9.04. The Labute approximate surface area is 114 Å². The van der Waals surface area contributed by atoms with Crippen LogP contribution in [-0.4, -0.2) is 6.54 Å². The van der Waals surface area contributed by atoms with E-state index in [0.717, 1.165) is 29.9 Å². The summed E-state index contributed by atoms with van der Waals surface area (Å²) in [6.07, 6.45) is 0.784. The van der Waals surface area contributed by atoms with E-state index in [1.807, 2.05) is 13.8 Å². The third-order valence-electron chi connectivity index (χ3n) is 3.36. The van der Waals surface area contributed by atoms with Crippen molar-refractivity contribution in [2.45, 2.75) is 40.7 Å². The van der Waals surface area contributed by atoms with Gasteiger partial charge in [0.15, 0.2) is 0 Å². The van der Waals surface area contributed by atoms with E-state index in [1.54, 1.807) is 6.07 Å². The molecule has 0 saturated heterocycles. The molecule has 1 N–H and O–H groups in total. The predicted octanol–water partition coefficient (Wildman–Crippen LogP) is 4.19. The zero-order valence-electron chi connectivity index (χ0n) is 12.1. The fraction of sp³-hybridized carbons (Fsp3) is 0.500. The number of aryl methyl sites for hydroxylation is 2. The average molecular weight is 263 g/mol. The highest BCUT2D eigenvalue weighted by Gasteiger charge is 2.17. The molecule has 1 heterocycles. The lowest BCUT2D eigenvalue weighted by molar-refractivity contribution is 0.480. The maximum atomic E-state index is 14.0. The van der Waals surface area contributed by atoms with Crippen molar-refractivity contribution < 1.29 is 8.81 Å². The predicted molar refractivity (Wildman–Crippen MR) is 76.8 cm³/mol. The molecular weight excluding hydrogens is 241 g/mol. The van der Waals surface area contributed by atoms with Crippen molar-refractivity contribution in [2.75, 3.05) is 6.54 Å². The Hall–Kier alpha value is -1.35. The normalized spacial score (nSPS) is 11.7. The molecule has 0 spiro atoms. The standard InChI is InChI=1S/C16H22FNO/c1-5-12-14(9-18-8-10(2)3)19-16-11(4)6-7-13(17)15(12)16/h6-7,10,18H,5,8-9H2,1-4H3. The fourth-order valence-corrected chi connectivity index (χ4v) is 2.39. The minimum absolute atomic E-state index is 0.184. The quantitative estimate of drug-likeness (QED) is 0.875. The largest absolute Gasteiger partial charge is 0.459 e. The number of rotatable bonds is 5. The Morgan fingerprint density at radius 3 is 2.68 bits per heavy atom. The molecule has 0 atom stereocenters. The monoisotopic (exact) mass is 263 g/mol. The molecule has 0 fully saturated rings. The number of hydrogen-bond donors (Lipinski definition) is 1. The van der Waals surface area contributed by atoms with Crippen LogP contribution < -0.4 is 5.32 Å². The summed E-state index contributed by atoms with van der Waals surface area (Å²) in [4.78, 5) is 0. The lowest BCUT2D eigenvalue weighted by atomic mass is 10.1. The van der Waals surface area contributed by atoms with E-state index in [1.165, 1.54) is 6.07 Å². The van der Waals surface area contributed by atoms with Crippen LogP contribution in [0.4, 0.5) is 4.39 Å². The van der Waals surface area contributed by atoms with Crippen LogP contribution in [0.2, 0.25) is 0 Å². The van der Waals surface area contributed by atoms with Gasteiger partial charge in [-0.25, -0.2) is 4.39 Å². The summed E-state index contributed by atoms with van der Waals surface area (Å²) in [7, 11) is 0. The second kappa shape index (κ2) is 5.74. The maximum Gasteiger partial charge on any atom is 0.140 e. The molecule has 0 aliphatic carbocycles. The lowest BCUT2D eigenvalue weighted by Gasteiger charge is -2.06. The Morgan fingerprint density at radius 1 is 1.32 bits per heavy atom. The molecule has 104 valence electrons. The third-order valence-corrected chi connectivity index (χ3v) is 3.36. The molecule has 2 aromatic rings. The molecule has 19 heavy (non-hydrogen) atoms. The summed E-state index contributed by atoms with van der Waals surface area (Å²) in [6.45, 7) is 9.91. The molecule has 2 nitrogen and oxygen atoms in total. The van der Waals surface area contributed by atoms with Crippen molar-refractivity contribution in [3.63, 3.8) is 0 Å². The van der Waals surface area contributed by atoms with Crippen LogP contribution in [0.3, 0.4) is 0 Å². The summed E-state index contributed by atoms with van der Waals surface area (Å²) in [5.41, 5.74) is 2.67. The van der Waals surface area contributed by atoms with Crippen molar-refractivity contribution >= 4 is 11.0 Å². The number of benzene rings is 1. The molecule has 0 aliphatic heterocycles. The first kappa shape index (κ1) is 14.1. The van der Waals surface area contributed by atoms with Crippen LogP contribution in [-0.2, 0) is 13.0 Å². The van der Waals surface area contributed by atoms with E-state index in [9.17, 15) is 4.39 Å². The highest BCUT2D eigenvalue weighted by Crippen LogP contribution is 2.31. The van der Waals surface area contributed by atoms with Gasteiger partial charge in [0.1, 0.15) is 17.2 Å². The summed E-state index contributed by atoms with van der Waals surface area (Å²) >= 11 is 0.